The lowest BCUT2D eigenvalue weighted by molar-refractivity contribution is -0.142. The Morgan fingerprint density at radius 1 is 1.07 bits per heavy atom. The third-order valence-corrected chi connectivity index (χ3v) is 5.15. The normalized spacial score (nSPS) is 12.2. The van der Waals surface area contributed by atoms with Gasteiger partial charge in [0.15, 0.2) is 6.61 Å². The molecule has 0 fully saturated rings. The van der Waals surface area contributed by atoms with Gasteiger partial charge in [0.05, 0.1) is 0 Å². The van der Waals surface area contributed by atoms with E-state index in [0.717, 1.165) is 16.7 Å². The van der Waals surface area contributed by atoms with Crippen LogP contribution in [0.2, 0.25) is 0 Å². The van der Waals surface area contributed by atoms with Gasteiger partial charge in [-0.1, -0.05) is 75.7 Å². The maximum atomic E-state index is 13.2. The number of hydrogen-bond donors (Lipinski definition) is 1. The van der Waals surface area contributed by atoms with Crippen LogP contribution in [0.25, 0.3) is 0 Å². The summed E-state index contributed by atoms with van der Waals surface area (Å²) in [6.45, 7) is 10.5. The third kappa shape index (κ3) is 6.09. The molecule has 1 N–H and O–H groups in total. The number of nitrogens with one attached hydrogen (secondary N) is 1. The van der Waals surface area contributed by atoms with Crippen LogP contribution in [0.5, 0.6) is 5.75 Å². The van der Waals surface area contributed by atoms with Crippen molar-refractivity contribution in [1.82, 2.24) is 10.2 Å². The highest BCUT2D eigenvalue weighted by molar-refractivity contribution is 5.88. The standard InChI is InChI=1S/C25H34N2O3/c1-7-21(24(29)26-6)27(16-19-14-12-18(2)13-15-19)23(28)17-30-22-11-9-8-10-20(22)25(3,4)5/h8-15,21H,7,16-17H2,1-6H3,(H,26,29)/t21-/m1/s1. The monoisotopic (exact) mass is 410 g/mol. The predicted molar refractivity (Wildman–Crippen MR) is 121 cm³/mol. The van der Waals surface area contributed by atoms with Gasteiger partial charge in [0.25, 0.3) is 5.91 Å². The molecular formula is C25H34N2O3. The number of aryl methyl sites for hydroxylation is 1. The second kappa shape index (κ2) is 10.3. The van der Waals surface area contributed by atoms with Crippen molar-refractivity contribution in [3.05, 3.63) is 65.2 Å². The first kappa shape index (κ1) is 23.5. The number of amides is 2. The van der Waals surface area contributed by atoms with Crippen LogP contribution in [0.1, 0.15) is 50.8 Å². The Morgan fingerprint density at radius 2 is 1.70 bits per heavy atom. The molecule has 0 aliphatic heterocycles. The van der Waals surface area contributed by atoms with Crippen molar-refractivity contribution < 1.29 is 14.3 Å². The molecule has 2 amide bonds. The molecule has 0 aliphatic carbocycles. The van der Waals surface area contributed by atoms with E-state index in [1.165, 1.54) is 0 Å². The van der Waals surface area contributed by atoms with Crippen LogP contribution < -0.4 is 10.1 Å². The second-order valence-corrected chi connectivity index (χ2v) is 8.58. The maximum absolute atomic E-state index is 13.2. The number of rotatable bonds is 8. The topological polar surface area (TPSA) is 58.6 Å². The molecular weight excluding hydrogens is 376 g/mol. The molecule has 0 aromatic heterocycles. The molecule has 2 aromatic carbocycles. The van der Waals surface area contributed by atoms with E-state index < -0.39 is 6.04 Å². The molecule has 2 rings (SSSR count). The molecule has 0 unspecified atom stereocenters. The van der Waals surface area contributed by atoms with Gasteiger partial charge in [-0.3, -0.25) is 9.59 Å². The van der Waals surface area contributed by atoms with Gasteiger partial charge in [-0.25, -0.2) is 0 Å². The fourth-order valence-corrected chi connectivity index (χ4v) is 3.41. The minimum Gasteiger partial charge on any atom is -0.483 e. The van der Waals surface area contributed by atoms with Gasteiger partial charge in [-0.15, -0.1) is 0 Å². The van der Waals surface area contributed by atoms with E-state index in [0.29, 0.717) is 18.7 Å². The van der Waals surface area contributed by atoms with Gasteiger partial charge >= 0.3 is 0 Å². The van der Waals surface area contributed by atoms with E-state index >= 15 is 0 Å². The van der Waals surface area contributed by atoms with Crippen molar-refractivity contribution in [1.29, 1.82) is 0 Å². The molecule has 5 heteroatoms. The number of ether oxygens (including phenoxy) is 1. The predicted octanol–water partition coefficient (Wildman–Crippen LogP) is 4.22. The zero-order valence-corrected chi connectivity index (χ0v) is 19.0. The third-order valence-electron chi connectivity index (χ3n) is 5.15. The van der Waals surface area contributed by atoms with Gasteiger partial charge in [-0.2, -0.15) is 0 Å². The Balaban J connectivity index is 2.24. The fraction of sp³-hybridized carbons (Fsp3) is 0.440. The largest absolute Gasteiger partial charge is 0.483 e. The molecule has 162 valence electrons. The van der Waals surface area contributed by atoms with E-state index in [1.54, 1.807) is 11.9 Å². The smallest absolute Gasteiger partial charge is 0.261 e. The summed E-state index contributed by atoms with van der Waals surface area (Å²) < 4.78 is 5.95. The van der Waals surface area contributed by atoms with E-state index in [9.17, 15) is 9.59 Å². The highest BCUT2D eigenvalue weighted by Gasteiger charge is 2.28. The first-order valence-corrected chi connectivity index (χ1v) is 10.5. The van der Waals surface area contributed by atoms with Crippen molar-refractivity contribution in [2.75, 3.05) is 13.7 Å². The van der Waals surface area contributed by atoms with Crippen LogP contribution in [-0.2, 0) is 21.5 Å². The molecule has 0 aliphatic rings. The summed E-state index contributed by atoms with van der Waals surface area (Å²) in [5, 5.41) is 2.68. The quantitative estimate of drug-likeness (QED) is 0.709. The highest BCUT2D eigenvalue weighted by Crippen LogP contribution is 2.31. The SMILES string of the molecule is CC[C@H](C(=O)NC)N(Cc1ccc(C)cc1)C(=O)COc1ccccc1C(C)(C)C. The first-order chi connectivity index (χ1) is 14.2. The van der Waals surface area contributed by atoms with E-state index in [1.807, 2.05) is 62.4 Å². The lowest BCUT2D eigenvalue weighted by atomic mass is 9.86. The number of benzene rings is 2. The molecule has 0 saturated carbocycles. The lowest BCUT2D eigenvalue weighted by Crippen LogP contribution is -2.49. The second-order valence-electron chi connectivity index (χ2n) is 8.58. The zero-order valence-electron chi connectivity index (χ0n) is 19.0. The summed E-state index contributed by atoms with van der Waals surface area (Å²) >= 11 is 0. The molecule has 0 bridgehead atoms. The van der Waals surface area contributed by atoms with Gasteiger partial charge in [0.1, 0.15) is 11.8 Å². The molecule has 0 radical (unpaired) electrons. The van der Waals surface area contributed by atoms with Crippen LogP contribution in [0.3, 0.4) is 0 Å². The molecule has 0 saturated heterocycles. The number of carbonyl (C=O) groups is 2. The van der Waals surface area contributed by atoms with Crippen molar-refractivity contribution in [3.8, 4) is 5.75 Å². The average molecular weight is 411 g/mol. The Labute approximate surface area is 180 Å². The van der Waals surface area contributed by atoms with E-state index in [4.69, 9.17) is 4.74 Å². The summed E-state index contributed by atoms with van der Waals surface area (Å²) in [6, 6.07) is 15.2. The van der Waals surface area contributed by atoms with Crippen LogP contribution in [0.15, 0.2) is 48.5 Å². The molecule has 1 atom stereocenters. The first-order valence-electron chi connectivity index (χ1n) is 10.5. The number of nitrogens with zero attached hydrogens (tertiary/aromatic N) is 1. The summed E-state index contributed by atoms with van der Waals surface area (Å²) in [5.74, 6) is 0.310. The molecule has 5 nitrogen and oxygen atoms in total. The van der Waals surface area contributed by atoms with Crippen molar-refractivity contribution in [2.45, 2.75) is 59.0 Å². The van der Waals surface area contributed by atoms with Gasteiger partial charge < -0.3 is 15.0 Å². The van der Waals surface area contributed by atoms with Gasteiger partial charge in [0.2, 0.25) is 5.91 Å². The number of likely N-dealkylation sites (N-methyl/N-ethyl adjacent to an activating group) is 1. The Kier molecular flexibility index (Phi) is 8.04. The van der Waals surface area contributed by atoms with Crippen LogP contribution in [0.4, 0.5) is 0 Å². The fourth-order valence-electron chi connectivity index (χ4n) is 3.41. The zero-order chi connectivity index (χ0) is 22.3. The summed E-state index contributed by atoms with van der Waals surface area (Å²) in [6.07, 6.45) is 0.524. The molecule has 0 heterocycles. The van der Waals surface area contributed by atoms with Gasteiger partial charge in [-0.05, 0) is 36.0 Å². The minimum absolute atomic E-state index is 0.102. The van der Waals surface area contributed by atoms with Crippen LogP contribution >= 0.6 is 0 Å². The number of para-hydroxylation sites is 1. The average Bonchev–Trinajstić information content (AvgIpc) is 2.72. The van der Waals surface area contributed by atoms with Crippen molar-refractivity contribution >= 4 is 11.8 Å². The Morgan fingerprint density at radius 3 is 2.27 bits per heavy atom. The van der Waals surface area contributed by atoms with Gasteiger partial charge in [0, 0.05) is 13.6 Å². The summed E-state index contributed by atoms with van der Waals surface area (Å²) in [7, 11) is 1.59. The molecule has 0 spiro atoms. The summed E-state index contributed by atoms with van der Waals surface area (Å²) in [4.78, 5) is 27.3. The lowest BCUT2D eigenvalue weighted by Gasteiger charge is -2.30. The maximum Gasteiger partial charge on any atom is 0.261 e. The number of hydrogen-bond acceptors (Lipinski definition) is 3. The van der Waals surface area contributed by atoms with Crippen molar-refractivity contribution in [2.24, 2.45) is 0 Å². The Bertz CT molecular complexity index is 853. The Hall–Kier alpha value is -2.82. The number of carbonyl (C=O) groups excluding carboxylic acids is 2. The highest BCUT2D eigenvalue weighted by atomic mass is 16.5. The van der Waals surface area contributed by atoms with Crippen LogP contribution in [-0.4, -0.2) is 36.4 Å². The van der Waals surface area contributed by atoms with E-state index in [2.05, 4.69) is 26.1 Å². The van der Waals surface area contributed by atoms with E-state index in [-0.39, 0.29) is 23.8 Å². The van der Waals surface area contributed by atoms with Crippen LogP contribution in [0, 0.1) is 6.92 Å². The molecule has 2 aromatic rings. The van der Waals surface area contributed by atoms with Crippen molar-refractivity contribution in [3.63, 3.8) is 0 Å². The summed E-state index contributed by atoms with van der Waals surface area (Å²) in [5.41, 5.74) is 3.07. The minimum atomic E-state index is -0.551. The molecule has 30 heavy (non-hydrogen) atoms.